The summed E-state index contributed by atoms with van der Waals surface area (Å²) in [6.07, 6.45) is 9.51. The fraction of sp³-hybridized carbons (Fsp3) is 0.357. The number of aromatic nitrogens is 6. The number of rotatable bonds is 3. The van der Waals surface area contributed by atoms with E-state index in [2.05, 4.69) is 25.3 Å². The number of fused-ring (bicyclic) bond motifs is 1. The molecule has 8 nitrogen and oxygen atoms in total. The van der Waals surface area contributed by atoms with Crippen LogP contribution in [0.4, 0.5) is 0 Å². The van der Waals surface area contributed by atoms with E-state index >= 15 is 0 Å². The third-order valence-corrected chi connectivity index (χ3v) is 4.08. The maximum atomic E-state index is 11.2. The molecule has 3 aromatic rings. The highest BCUT2D eigenvalue weighted by molar-refractivity contribution is 6.00. The monoisotopic (exact) mass is 298 g/mol. The summed E-state index contributed by atoms with van der Waals surface area (Å²) in [6, 6.07) is 0.403. The van der Waals surface area contributed by atoms with Gasteiger partial charge in [0.2, 0.25) is 0 Å². The van der Waals surface area contributed by atoms with Crippen LogP contribution < -0.4 is 0 Å². The van der Waals surface area contributed by atoms with Gasteiger partial charge in [-0.2, -0.15) is 0 Å². The van der Waals surface area contributed by atoms with Crippen LogP contribution in [0.15, 0.2) is 18.6 Å². The fourth-order valence-corrected chi connectivity index (χ4v) is 2.92. The maximum absolute atomic E-state index is 11.2. The Morgan fingerprint density at radius 2 is 2.14 bits per heavy atom. The van der Waals surface area contributed by atoms with Gasteiger partial charge in [-0.1, -0.05) is 18.1 Å². The second-order valence-corrected chi connectivity index (χ2v) is 5.48. The maximum Gasteiger partial charge on any atom is 0.339 e. The molecule has 0 atom stereocenters. The van der Waals surface area contributed by atoms with Gasteiger partial charge in [0.25, 0.3) is 0 Å². The van der Waals surface area contributed by atoms with Crippen molar-refractivity contribution in [2.45, 2.75) is 31.7 Å². The van der Waals surface area contributed by atoms with Crippen LogP contribution in [-0.4, -0.2) is 41.0 Å². The highest BCUT2D eigenvalue weighted by Crippen LogP contribution is 2.29. The molecule has 8 heteroatoms. The molecule has 3 aromatic heterocycles. The molecular weight excluding hydrogens is 284 g/mol. The molecule has 0 spiro atoms. The number of nitrogens with one attached hydrogen (secondary N) is 1. The summed E-state index contributed by atoms with van der Waals surface area (Å²) < 4.78 is 1.88. The van der Waals surface area contributed by atoms with Crippen molar-refractivity contribution in [2.24, 2.45) is 0 Å². The van der Waals surface area contributed by atoms with Crippen molar-refractivity contribution in [2.75, 3.05) is 0 Å². The van der Waals surface area contributed by atoms with E-state index in [1.165, 1.54) is 19.0 Å². The molecule has 22 heavy (non-hydrogen) atoms. The normalized spacial score (nSPS) is 15.6. The highest BCUT2D eigenvalue weighted by Gasteiger charge is 2.20. The summed E-state index contributed by atoms with van der Waals surface area (Å²) in [6.45, 7) is 0. The first kappa shape index (κ1) is 12.9. The zero-order valence-electron chi connectivity index (χ0n) is 11.7. The smallest absolute Gasteiger partial charge is 0.339 e. The first-order valence-electron chi connectivity index (χ1n) is 7.22. The molecule has 0 radical (unpaired) electrons. The molecule has 2 N–H and O–H groups in total. The standard InChI is InChI=1S/C14H14N6O2/c21-14(22)9-5-15-13-12(9)17-10(6-16-13)11-7-20(19-18-11)8-3-1-2-4-8/h5-8H,1-4H2,(H,15,16)(H,21,22). The number of nitrogens with zero attached hydrogens (tertiary/aromatic N) is 5. The largest absolute Gasteiger partial charge is 0.478 e. The number of hydrogen-bond acceptors (Lipinski definition) is 5. The summed E-state index contributed by atoms with van der Waals surface area (Å²) in [5.74, 6) is -1.03. The number of carboxylic acids is 1. The SMILES string of the molecule is O=C(O)c1c[nH]c2ncc(-c3cn(C4CCCC4)nn3)nc12. The Labute approximate surface area is 125 Å². The van der Waals surface area contributed by atoms with E-state index in [0.29, 0.717) is 28.6 Å². The minimum Gasteiger partial charge on any atom is -0.478 e. The molecule has 0 bridgehead atoms. The van der Waals surface area contributed by atoms with Crippen molar-refractivity contribution in [1.82, 2.24) is 29.9 Å². The molecule has 112 valence electrons. The highest BCUT2D eigenvalue weighted by atomic mass is 16.4. The van der Waals surface area contributed by atoms with Crippen molar-refractivity contribution < 1.29 is 9.90 Å². The number of carboxylic acid groups (broad SMARTS) is 1. The molecule has 1 aliphatic carbocycles. The predicted octanol–water partition coefficient (Wildman–Crippen LogP) is 2.03. The molecule has 4 rings (SSSR count). The van der Waals surface area contributed by atoms with Gasteiger partial charge in [0, 0.05) is 6.20 Å². The Balaban J connectivity index is 1.74. The Hall–Kier alpha value is -2.77. The van der Waals surface area contributed by atoms with Crippen LogP contribution in [0.2, 0.25) is 0 Å². The van der Waals surface area contributed by atoms with Gasteiger partial charge in [0.15, 0.2) is 5.65 Å². The molecule has 1 fully saturated rings. The van der Waals surface area contributed by atoms with Gasteiger partial charge >= 0.3 is 5.97 Å². The Morgan fingerprint density at radius 3 is 2.91 bits per heavy atom. The van der Waals surface area contributed by atoms with Crippen LogP contribution in [0.1, 0.15) is 42.1 Å². The molecule has 3 heterocycles. The number of hydrogen-bond donors (Lipinski definition) is 2. The van der Waals surface area contributed by atoms with Crippen LogP contribution in [-0.2, 0) is 0 Å². The van der Waals surface area contributed by atoms with Crippen LogP contribution in [0.25, 0.3) is 22.6 Å². The lowest BCUT2D eigenvalue weighted by molar-refractivity contribution is 0.0699. The molecule has 0 unspecified atom stereocenters. The van der Waals surface area contributed by atoms with Gasteiger partial charge in [-0.15, -0.1) is 5.10 Å². The fourth-order valence-electron chi connectivity index (χ4n) is 2.92. The van der Waals surface area contributed by atoms with E-state index in [-0.39, 0.29) is 5.56 Å². The van der Waals surface area contributed by atoms with Crippen LogP contribution in [0.3, 0.4) is 0 Å². The zero-order valence-corrected chi connectivity index (χ0v) is 11.7. The second kappa shape index (κ2) is 4.90. The minimum absolute atomic E-state index is 0.104. The van der Waals surface area contributed by atoms with Gasteiger partial charge in [0.05, 0.1) is 18.4 Å². The first-order valence-corrected chi connectivity index (χ1v) is 7.22. The molecule has 0 amide bonds. The minimum atomic E-state index is -1.03. The number of carbonyl (C=O) groups is 1. The third kappa shape index (κ3) is 2.03. The zero-order chi connectivity index (χ0) is 15.1. The molecule has 1 aliphatic rings. The third-order valence-electron chi connectivity index (χ3n) is 4.08. The molecular formula is C14H14N6O2. The summed E-state index contributed by atoms with van der Waals surface area (Å²) in [7, 11) is 0. The lowest BCUT2D eigenvalue weighted by Crippen LogP contribution is -2.04. The van der Waals surface area contributed by atoms with E-state index in [1.807, 2.05) is 10.9 Å². The van der Waals surface area contributed by atoms with Crippen molar-refractivity contribution >= 4 is 17.1 Å². The lowest BCUT2D eigenvalue weighted by Gasteiger charge is -2.06. The summed E-state index contributed by atoms with van der Waals surface area (Å²) in [5.41, 5.74) is 2.02. The van der Waals surface area contributed by atoms with Crippen LogP contribution in [0.5, 0.6) is 0 Å². The second-order valence-electron chi connectivity index (χ2n) is 5.48. The van der Waals surface area contributed by atoms with Crippen molar-refractivity contribution in [3.05, 3.63) is 24.2 Å². The van der Waals surface area contributed by atoms with E-state index in [0.717, 1.165) is 12.8 Å². The quantitative estimate of drug-likeness (QED) is 0.765. The molecule has 0 aromatic carbocycles. The Morgan fingerprint density at radius 1 is 1.32 bits per heavy atom. The van der Waals surface area contributed by atoms with Crippen LogP contribution >= 0.6 is 0 Å². The van der Waals surface area contributed by atoms with Crippen LogP contribution in [0, 0.1) is 0 Å². The first-order chi connectivity index (χ1) is 10.7. The van der Waals surface area contributed by atoms with Crippen molar-refractivity contribution in [1.29, 1.82) is 0 Å². The van der Waals surface area contributed by atoms with Gasteiger partial charge in [-0.05, 0) is 12.8 Å². The number of aromatic carboxylic acids is 1. The number of H-pyrrole nitrogens is 1. The van der Waals surface area contributed by atoms with E-state index in [1.54, 1.807) is 6.20 Å². The van der Waals surface area contributed by atoms with Gasteiger partial charge in [0.1, 0.15) is 22.5 Å². The summed E-state index contributed by atoms with van der Waals surface area (Å²) >= 11 is 0. The van der Waals surface area contributed by atoms with E-state index < -0.39 is 5.97 Å². The van der Waals surface area contributed by atoms with Gasteiger partial charge in [-0.25, -0.2) is 19.4 Å². The van der Waals surface area contributed by atoms with Gasteiger partial charge in [-0.3, -0.25) is 0 Å². The Bertz CT molecular complexity index is 846. The van der Waals surface area contributed by atoms with Gasteiger partial charge < -0.3 is 10.1 Å². The summed E-state index contributed by atoms with van der Waals surface area (Å²) in [5, 5.41) is 17.5. The summed E-state index contributed by atoms with van der Waals surface area (Å²) in [4.78, 5) is 22.6. The Kier molecular flexibility index (Phi) is 2.88. The predicted molar refractivity (Wildman–Crippen MR) is 77.4 cm³/mol. The van der Waals surface area contributed by atoms with Crippen molar-refractivity contribution in [3.63, 3.8) is 0 Å². The van der Waals surface area contributed by atoms with E-state index in [9.17, 15) is 4.79 Å². The molecule has 0 saturated heterocycles. The molecule has 1 saturated carbocycles. The lowest BCUT2D eigenvalue weighted by atomic mass is 10.2. The number of aromatic amines is 1. The molecule has 0 aliphatic heterocycles. The average molecular weight is 298 g/mol. The average Bonchev–Trinajstić information content (AvgIpc) is 3.25. The van der Waals surface area contributed by atoms with E-state index in [4.69, 9.17) is 5.11 Å². The topological polar surface area (TPSA) is 110 Å². The van der Waals surface area contributed by atoms with Crippen molar-refractivity contribution in [3.8, 4) is 11.4 Å².